The summed E-state index contributed by atoms with van der Waals surface area (Å²) in [4.78, 5) is 24.8. The van der Waals surface area contributed by atoms with Crippen molar-refractivity contribution in [2.75, 3.05) is 11.4 Å². The molecule has 2 rings (SSSR count). The molecule has 1 aromatic rings. The molecule has 0 saturated heterocycles. The number of carbonyl (C=O) groups excluding carboxylic acids is 1. The highest BCUT2D eigenvalue weighted by Crippen LogP contribution is 2.33. The average molecular weight is 263 g/mol. The minimum Gasteiger partial charge on any atom is -0.478 e. The monoisotopic (exact) mass is 263 g/mol. The predicted molar refractivity (Wildman–Crippen MR) is 70.4 cm³/mol. The Labute approximate surface area is 111 Å². The maximum Gasteiger partial charge on any atom is 0.346 e. The second-order valence-corrected chi connectivity index (χ2v) is 4.52. The molecule has 1 aliphatic heterocycles. The number of benzene rings is 1. The van der Waals surface area contributed by atoms with Crippen molar-refractivity contribution in [1.82, 2.24) is 0 Å². The molecule has 5 nitrogen and oxygen atoms in total. The summed E-state index contributed by atoms with van der Waals surface area (Å²) in [6.07, 6.45) is 1.16. The van der Waals surface area contributed by atoms with Crippen LogP contribution in [-0.2, 0) is 9.59 Å². The first kappa shape index (κ1) is 13.4. The third-order valence-electron chi connectivity index (χ3n) is 3.09. The van der Waals surface area contributed by atoms with E-state index >= 15 is 0 Å². The number of fused-ring (bicyclic) bond motifs is 1. The number of aliphatic carboxylic acids is 1. The van der Waals surface area contributed by atoms with E-state index < -0.39 is 12.1 Å². The summed E-state index contributed by atoms with van der Waals surface area (Å²) in [5.74, 6) is -0.655. The zero-order chi connectivity index (χ0) is 13.8. The van der Waals surface area contributed by atoms with Crippen LogP contribution in [0.3, 0.4) is 0 Å². The Balaban J connectivity index is 2.26. The fourth-order valence-electron chi connectivity index (χ4n) is 2.06. The Bertz CT molecular complexity index is 486. The molecule has 1 N–H and O–H groups in total. The summed E-state index contributed by atoms with van der Waals surface area (Å²) in [7, 11) is 0. The molecule has 102 valence electrons. The molecule has 0 saturated carbocycles. The molecule has 0 spiro atoms. The number of amides is 1. The van der Waals surface area contributed by atoms with Crippen LogP contribution in [-0.4, -0.2) is 29.6 Å². The third kappa shape index (κ3) is 2.86. The quantitative estimate of drug-likeness (QED) is 0.902. The first-order valence-electron chi connectivity index (χ1n) is 6.42. The van der Waals surface area contributed by atoms with Gasteiger partial charge in [-0.3, -0.25) is 4.79 Å². The Morgan fingerprint density at radius 2 is 2.16 bits per heavy atom. The summed E-state index contributed by atoms with van der Waals surface area (Å²) in [5, 5.41) is 9.08. The fraction of sp³-hybridized carbons (Fsp3) is 0.429. The number of ether oxygens (including phenoxy) is 1. The zero-order valence-electron chi connectivity index (χ0n) is 10.8. The van der Waals surface area contributed by atoms with E-state index in [2.05, 4.69) is 0 Å². The molecular weight excluding hydrogens is 246 g/mol. The van der Waals surface area contributed by atoms with Crippen molar-refractivity contribution < 1.29 is 19.4 Å². The van der Waals surface area contributed by atoms with Gasteiger partial charge in [0, 0.05) is 6.42 Å². The van der Waals surface area contributed by atoms with Crippen LogP contribution in [0.25, 0.3) is 0 Å². The summed E-state index contributed by atoms with van der Waals surface area (Å²) in [6.45, 7) is 2.08. The topological polar surface area (TPSA) is 66.8 Å². The number of para-hydroxylation sites is 2. The number of nitrogens with zero attached hydrogens (tertiary/aromatic N) is 1. The lowest BCUT2D eigenvalue weighted by atomic mass is 10.1. The molecule has 0 aliphatic carbocycles. The summed E-state index contributed by atoms with van der Waals surface area (Å²) in [5.41, 5.74) is 0.654. The number of hydrogen-bond acceptors (Lipinski definition) is 3. The fourth-order valence-corrected chi connectivity index (χ4v) is 2.06. The number of carboxylic acid groups (broad SMARTS) is 1. The average Bonchev–Trinajstić information content (AvgIpc) is 2.43. The molecular formula is C14H17NO4. The van der Waals surface area contributed by atoms with Gasteiger partial charge in [0.1, 0.15) is 5.75 Å². The van der Waals surface area contributed by atoms with E-state index in [1.807, 2.05) is 13.0 Å². The molecule has 1 aliphatic rings. The van der Waals surface area contributed by atoms with Gasteiger partial charge in [0.15, 0.2) is 0 Å². The predicted octanol–water partition coefficient (Wildman–Crippen LogP) is 2.06. The normalized spacial score (nSPS) is 17.5. The summed E-state index contributed by atoms with van der Waals surface area (Å²) in [6, 6.07) is 7.03. The third-order valence-corrected chi connectivity index (χ3v) is 3.09. The van der Waals surface area contributed by atoms with Crippen LogP contribution in [0.15, 0.2) is 24.3 Å². The molecule has 1 aromatic carbocycles. The lowest BCUT2D eigenvalue weighted by Gasteiger charge is -2.33. The lowest BCUT2D eigenvalue weighted by molar-refractivity contribution is -0.145. The lowest BCUT2D eigenvalue weighted by Crippen LogP contribution is -2.47. The molecule has 5 heteroatoms. The highest BCUT2D eigenvalue weighted by Gasteiger charge is 2.33. The van der Waals surface area contributed by atoms with Gasteiger partial charge < -0.3 is 14.7 Å². The molecule has 0 aromatic heterocycles. The van der Waals surface area contributed by atoms with Crippen LogP contribution >= 0.6 is 0 Å². The van der Waals surface area contributed by atoms with Gasteiger partial charge in [-0.05, 0) is 18.6 Å². The standard InChI is InChI=1S/C14H17NO4/c1-2-3-8-13(16)15-9-12(14(17)18)19-11-7-5-4-6-10(11)15/h4-7,12H,2-3,8-9H2,1H3,(H,17,18). The van der Waals surface area contributed by atoms with Gasteiger partial charge in [-0.15, -0.1) is 0 Å². The van der Waals surface area contributed by atoms with Crippen molar-refractivity contribution in [1.29, 1.82) is 0 Å². The van der Waals surface area contributed by atoms with Crippen molar-refractivity contribution in [3.8, 4) is 5.75 Å². The van der Waals surface area contributed by atoms with Crippen molar-refractivity contribution in [3.63, 3.8) is 0 Å². The molecule has 1 heterocycles. The zero-order valence-corrected chi connectivity index (χ0v) is 10.8. The molecule has 19 heavy (non-hydrogen) atoms. The van der Waals surface area contributed by atoms with Crippen LogP contribution in [0.4, 0.5) is 5.69 Å². The SMILES string of the molecule is CCCCC(=O)N1CC(C(=O)O)Oc2ccccc21. The van der Waals surface area contributed by atoms with Gasteiger partial charge in [0.2, 0.25) is 12.0 Å². The number of hydrogen-bond donors (Lipinski definition) is 1. The molecule has 1 unspecified atom stereocenters. The van der Waals surface area contributed by atoms with Crippen molar-refractivity contribution in [3.05, 3.63) is 24.3 Å². The Hall–Kier alpha value is -2.04. The second-order valence-electron chi connectivity index (χ2n) is 4.52. The van der Waals surface area contributed by atoms with Crippen LogP contribution in [0, 0.1) is 0 Å². The summed E-state index contributed by atoms with van der Waals surface area (Å²) < 4.78 is 5.38. The highest BCUT2D eigenvalue weighted by molar-refractivity contribution is 5.96. The first-order chi connectivity index (χ1) is 9.13. The van der Waals surface area contributed by atoms with Gasteiger partial charge in [0.25, 0.3) is 0 Å². The Morgan fingerprint density at radius 3 is 2.84 bits per heavy atom. The van der Waals surface area contributed by atoms with Crippen LogP contribution in [0.2, 0.25) is 0 Å². The Kier molecular flexibility index (Phi) is 4.04. The largest absolute Gasteiger partial charge is 0.478 e. The van der Waals surface area contributed by atoms with Gasteiger partial charge in [-0.25, -0.2) is 4.79 Å². The summed E-state index contributed by atoms with van der Waals surface area (Å²) >= 11 is 0. The molecule has 0 bridgehead atoms. The maximum atomic E-state index is 12.2. The maximum absolute atomic E-state index is 12.2. The molecule has 0 fully saturated rings. The van der Waals surface area contributed by atoms with Crippen LogP contribution in [0.1, 0.15) is 26.2 Å². The van der Waals surface area contributed by atoms with Gasteiger partial charge in [0.05, 0.1) is 12.2 Å². The highest BCUT2D eigenvalue weighted by atomic mass is 16.5. The van der Waals surface area contributed by atoms with Gasteiger partial charge in [-0.1, -0.05) is 25.5 Å². The number of carboxylic acids is 1. The van der Waals surface area contributed by atoms with Crippen LogP contribution in [0.5, 0.6) is 5.75 Å². The van der Waals surface area contributed by atoms with Crippen LogP contribution < -0.4 is 9.64 Å². The minimum atomic E-state index is -1.05. The van der Waals surface area contributed by atoms with E-state index in [-0.39, 0.29) is 12.5 Å². The van der Waals surface area contributed by atoms with Gasteiger partial charge >= 0.3 is 5.97 Å². The minimum absolute atomic E-state index is 0.0520. The van der Waals surface area contributed by atoms with Crippen molar-refractivity contribution >= 4 is 17.6 Å². The van der Waals surface area contributed by atoms with E-state index in [9.17, 15) is 9.59 Å². The molecule has 1 atom stereocenters. The Morgan fingerprint density at radius 1 is 1.42 bits per heavy atom. The number of unbranched alkanes of at least 4 members (excludes halogenated alkanes) is 1. The number of anilines is 1. The number of rotatable bonds is 4. The van der Waals surface area contributed by atoms with Crippen molar-refractivity contribution in [2.24, 2.45) is 0 Å². The smallest absolute Gasteiger partial charge is 0.346 e. The van der Waals surface area contributed by atoms with E-state index in [1.54, 1.807) is 18.2 Å². The molecule has 0 radical (unpaired) electrons. The first-order valence-corrected chi connectivity index (χ1v) is 6.42. The van der Waals surface area contributed by atoms with Crippen molar-refractivity contribution in [2.45, 2.75) is 32.3 Å². The van der Waals surface area contributed by atoms with E-state index in [0.29, 0.717) is 17.9 Å². The van der Waals surface area contributed by atoms with E-state index in [0.717, 1.165) is 12.8 Å². The van der Waals surface area contributed by atoms with Gasteiger partial charge in [-0.2, -0.15) is 0 Å². The number of carbonyl (C=O) groups is 2. The van der Waals surface area contributed by atoms with E-state index in [1.165, 1.54) is 4.90 Å². The second kappa shape index (κ2) is 5.73. The van der Waals surface area contributed by atoms with E-state index in [4.69, 9.17) is 9.84 Å². The molecule has 1 amide bonds.